The van der Waals surface area contributed by atoms with Gasteiger partial charge >= 0.3 is 0 Å². The van der Waals surface area contributed by atoms with Gasteiger partial charge in [0.15, 0.2) is 5.96 Å². The van der Waals surface area contributed by atoms with Gasteiger partial charge in [-0.2, -0.15) is 4.31 Å². The molecule has 0 bridgehead atoms. The first-order valence-corrected chi connectivity index (χ1v) is 11.2. The molecule has 1 aliphatic heterocycles. The third-order valence-electron chi connectivity index (χ3n) is 4.64. The van der Waals surface area contributed by atoms with Crippen LogP contribution >= 0.6 is 24.0 Å². The van der Waals surface area contributed by atoms with Gasteiger partial charge < -0.3 is 14.7 Å². The molecule has 0 aliphatic carbocycles. The van der Waals surface area contributed by atoms with Crippen molar-refractivity contribution in [3.05, 3.63) is 53.7 Å². The molecule has 0 saturated carbocycles. The molecule has 11 heteroatoms. The largest absolute Gasteiger partial charge is 0.364 e. The molecular formula is C19H27FIN5O3S. The van der Waals surface area contributed by atoms with Crippen molar-refractivity contribution < 1.29 is 17.3 Å². The summed E-state index contributed by atoms with van der Waals surface area (Å²) in [5.74, 6) is 0.337. The molecule has 166 valence electrons. The number of nitrogens with one attached hydrogen (secondary N) is 1. The second-order valence-electron chi connectivity index (χ2n) is 6.75. The summed E-state index contributed by atoms with van der Waals surface area (Å²) in [6.07, 6.45) is 2.00. The molecule has 1 aromatic carbocycles. The Hall–Kier alpha value is -1.73. The number of benzene rings is 1. The topological polar surface area (TPSA) is 91.0 Å². The smallest absolute Gasteiger partial charge is 0.220 e. The molecule has 0 atom stereocenters. The number of aromatic nitrogens is 1. The van der Waals surface area contributed by atoms with Crippen molar-refractivity contribution in [2.45, 2.75) is 19.1 Å². The minimum absolute atomic E-state index is 0. The van der Waals surface area contributed by atoms with Gasteiger partial charge in [-0.25, -0.2) is 12.8 Å². The van der Waals surface area contributed by atoms with Crippen LogP contribution in [-0.4, -0.2) is 68.0 Å². The molecule has 1 aromatic heterocycles. The monoisotopic (exact) mass is 551 g/mol. The quantitative estimate of drug-likeness (QED) is 0.322. The van der Waals surface area contributed by atoms with E-state index in [4.69, 9.17) is 4.52 Å². The van der Waals surface area contributed by atoms with Gasteiger partial charge in [0.25, 0.3) is 0 Å². The van der Waals surface area contributed by atoms with Crippen LogP contribution in [0.1, 0.15) is 18.2 Å². The molecule has 0 spiro atoms. The van der Waals surface area contributed by atoms with Crippen LogP contribution in [-0.2, 0) is 22.2 Å². The minimum atomic E-state index is -3.44. The molecule has 1 saturated heterocycles. The SMILES string of the molecule is CCNC(=NCCc1cccc(F)c1)N1CCN(S(=O)(=O)Cc2ccon2)CC1.I. The fourth-order valence-electron chi connectivity index (χ4n) is 3.18. The molecule has 1 N–H and O–H groups in total. The minimum Gasteiger partial charge on any atom is -0.364 e. The van der Waals surface area contributed by atoms with E-state index >= 15 is 0 Å². The number of piperazine rings is 1. The highest BCUT2D eigenvalue weighted by Gasteiger charge is 2.28. The Bertz CT molecular complexity index is 916. The number of rotatable bonds is 7. The predicted octanol–water partition coefficient (Wildman–Crippen LogP) is 2.09. The molecule has 1 fully saturated rings. The van der Waals surface area contributed by atoms with Crippen molar-refractivity contribution in [1.82, 2.24) is 19.7 Å². The second-order valence-corrected chi connectivity index (χ2v) is 8.72. The Morgan fingerprint density at radius 1 is 1.27 bits per heavy atom. The predicted molar refractivity (Wildman–Crippen MR) is 124 cm³/mol. The highest BCUT2D eigenvalue weighted by molar-refractivity contribution is 14.0. The summed E-state index contributed by atoms with van der Waals surface area (Å²) in [4.78, 5) is 6.68. The first-order valence-electron chi connectivity index (χ1n) is 9.62. The summed E-state index contributed by atoms with van der Waals surface area (Å²) in [6.45, 7) is 5.08. The fraction of sp³-hybridized carbons (Fsp3) is 0.474. The van der Waals surface area contributed by atoms with E-state index in [0.29, 0.717) is 51.4 Å². The third kappa shape index (κ3) is 6.91. The Labute approximate surface area is 193 Å². The van der Waals surface area contributed by atoms with Gasteiger partial charge in [0.1, 0.15) is 17.8 Å². The van der Waals surface area contributed by atoms with Crippen molar-refractivity contribution in [3.8, 4) is 0 Å². The standard InChI is InChI=1S/C19H26FN5O3S.HI/c1-2-21-19(22-8-6-16-4-3-5-17(20)14-16)24-9-11-25(12-10-24)29(26,27)15-18-7-13-28-23-18;/h3-5,7,13-14H,2,6,8-12,15H2,1H3,(H,21,22);1H. The number of hydrogen-bond donors (Lipinski definition) is 1. The molecule has 0 radical (unpaired) electrons. The molecule has 0 amide bonds. The Morgan fingerprint density at radius 2 is 2.03 bits per heavy atom. The van der Waals surface area contributed by atoms with Crippen LogP contribution < -0.4 is 5.32 Å². The molecule has 30 heavy (non-hydrogen) atoms. The lowest BCUT2D eigenvalue weighted by Crippen LogP contribution is -2.54. The maximum atomic E-state index is 13.3. The van der Waals surface area contributed by atoms with Gasteiger partial charge in [-0.1, -0.05) is 17.3 Å². The molecule has 3 rings (SSSR count). The number of aliphatic imine (C=N–C) groups is 1. The van der Waals surface area contributed by atoms with E-state index in [9.17, 15) is 12.8 Å². The van der Waals surface area contributed by atoms with Crippen LogP contribution in [0.4, 0.5) is 4.39 Å². The van der Waals surface area contributed by atoms with E-state index in [1.165, 1.54) is 22.7 Å². The molecule has 8 nitrogen and oxygen atoms in total. The first-order chi connectivity index (χ1) is 14.0. The van der Waals surface area contributed by atoms with Crippen molar-refractivity contribution in [2.24, 2.45) is 4.99 Å². The van der Waals surface area contributed by atoms with Crippen LogP contribution in [0.5, 0.6) is 0 Å². The van der Waals surface area contributed by atoms with E-state index in [1.54, 1.807) is 12.1 Å². The van der Waals surface area contributed by atoms with Crippen molar-refractivity contribution in [3.63, 3.8) is 0 Å². The lowest BCUT2D eigenvalue weighted by atomic mass is 10.1. The van der Waals surface area contributed by atoms with Gasteiger partial charge in [0.05, 0.1) is 5.69 Å². The number of nitrogens with zero attached hydrogens (tertiary/aromatic N) is 4. The Morgan fingerprint density at radius 3 is 2.67 bits per heavy atom. The zero-order chi connectivity index (χ0) is 20.7. The summed E-state index contributed by atoms with van der Waals surface area (Å²) in [6, 6.07) is 8.07. The van der Waals surface area contributed by atoms with Gasteiger partial charge in [-0.15, -0.1) is 24.0 Å². The van der Waals surface area contributed by atoms with Gasteiger partial charge in [0, 0.05) is 45.3 Å². The van der Waals surface area contributed by atoms with Crippen LogP contribution in [0.15, 0.2) is 46.1 Å². The van der Waals surface area contributed by atoms with Crippen LogP contribution in [0, 0.1) is 5.82 Å². The molecule has 2 aromatic rings. The van der Waals surface area contributed by atoms with E-state index in [2.05, 4.69) is 20.4 Å². The number of halogens is 2. The number of guanidine groups is 1. The van der Waals surface area contributed by atoms with E-state index in [-0.39, 0.29) is 35.5 Å². The summed E-state index contributed by atoms with van der Waals surface area (Å²) >= 11 is 0. The maximum Gasteiger partial charge on any atom is 0.220 e. The van der Waals surface area contributed by atoms with Crippen LogP contribution in [0.3, 0.4) is 0 Å². The zero-order valence-electron chi connectivity index (χ0n) is 16.8. The molecular weight excluding hydrogens is 524 g/mol. The zero-order valence-corrected chi connectivity index (χ0v) is 20.0. The van der Waals surface area contributed by atoms with E-state index in [1.807, 2.05) is 13.0 Å². The summed E-state index contributed by atoms with van der Waals surface area (Å²) in [7, 11) is -3.44. The second kappa shape index (κ2) is 11.6. The molecule has 0 unspecified atom stereocenters. The van der Waals surface area contributed by atoms with Crippen LogP contribution in [0.25, 0.3) is 0 Å². The average Bonchev–Trinajstić information content (AvgIpc) is 3.20. The highest BCUT2D eigenvalue weighted by Crippen LogP contribution is 2.13. The van der Waals surface area contributed by atoms with Crippen molar-refractivity contribution >= 4 is 40.0 Å². The lowest BCUT2D eigenvalue weighted by Gasteiger charge is -2.35. The molecule has 2 heterocycles. The van der Waals surface area contributed by atoms with Gasteiger partial charge in [-0.3, -0.25) is 4.99 Å². The Kier molecular flexibility index (Phi) is 9.49. The number of hydrogen-bond acceptors (Lipinski definition) is 5. The van der Waals surface area contributed by atoms with Gasteiger partial charge in [-0.05, 0) is 31.0 Å². The van der Waals surface area contributed by atoms with Crippen molar-refractivity contribution in [1.29, 1.82) is 0 Å². The van der Waals surface area contributed by atoms with Crippen molar-refractivity contribution in [2.75, 3.05) is 39.3 Å². The normalized spacial score (nSPS) is 15.7. The molecule has 1 aliphatic rings. The summed E-state index contributed by atoms with van der Waals surface area (Å²) in [5, 5.41) is 6.94. The first kappa shape index (κ1) is 24.5. The maximum absolute atomic E-state index is 13.3. The van der Waals surface area contributed by atoms with E-state index in [0.717, 1.165) is 11.5 Å². The summed E-state index contributed by atoms with van der Waals surface area (Å²) < 4.78 is 44.6. The third-order valence-corrected chi connectivity index (χ3v) is 6.45. The fourth-order valence-corrected chi connectivity index (χ4v) is 4.60. The van der Waals surface area contributed by atoms with E-state index < -0.39 is 10.0 Å². The average molecular weight is 551 g/mol. The lowest BCUT2D eigenvalue weighted by molar-refractivity contribution is 0.260. The highest BCUT2D eigenvalue weighted by atomic mass is 127. The summed E-state index contributed by atoms with van der Waals surface area (Å²) in [5.41, 5.74) is 1.30. The Balaban J connectivity index is 0.00000320. The van der Waals surface area contributed by atoms with Gasteiger partial charge in [0.2, 0.25) is 10.0 Å². The van der Waals surface area contributed by atoms with Crippen LogP contribution in [0.2, 0.25) is 0 Å². The number of sulfonamides is 1.